The molecule has 0 saturated heterocycles. The van der Waals surface area contributed by atoms with Crippen molar-refractivity contribution in [1.82, 2.24) is 14.8 Å². The Morgan fingerprint density at radius 2 is 1.94 bits per heavy atom. The maximum atomic E-state index is 9.81. The SMILES string of the molecule is CCOc1cc(/C=C(\C#N)c2nnc3n2CCCCC3)ccc1OCc1ccccc1. The Hall–Kier alpha value is -3.59. The predicted molar refractivity (Wildman–Crippen MR) is 119 cm³/mol. The van der Waals surface area contributed by atoms with E-state index < -0.39 is 0 Å². The van der Waals surface area contributed by atoms with Crippen molar-refractivity contribution in [1.29, 1.82) is 5.26 Å². The molecule has 0 amide bonds. The fraction of sp³-hybridized carbons (Fsp3) is 0.320. The number of benzene rings is 2. The van der Waals surface area contributed by atoms with Gasteiger partial charge in [0.25, 0.3) is 0 Å². The van der Waals surface area contributed by atoms with E-state index in [0.717, 1.165) is 42.8 Å². The Labute approximate surface area is 182 Å². The highest BCUT2D eigenvalue weighted by Crippen LogP contribution is 2.31. The van der Waals surface area contributed by atoms with E-state index in [9.17, 15) is 5.26 Å². The second-order valence-electron chi connectivity index (χ2n) is 7.49. The summed E-state index contributed by atoms with van der Waals surface area (Å²) in [7, 11) is 0. The third-order valence-corrected chi connectivity index (χ3v) is 5.29. The molecule has 31 heavy (non-hydrogen) atoms. The van der Waals surface area contributed by atoms with Crippen molar-refractivity contribution in [2.24, 2.45) is 0 Å². The van der Waals surface area contributed by atoms with Crippen LogP contribution in [0.15, 0.2) is 48.5 Å². The lowest BCUT2D eigenvalue weighted by atomic mass is 10.1. The van der Waals surface area contributed by atoms with Crippen LogP contribution in [-0.4, -0.2) is 21.4 Å². The molecule has 4 rings (SSSR count). The summed E-state index contributed by atoms with van der Waals surface area (Å²) in [5.41, 5.74) is 2.45. The predicted octanol–water partition coefficient (Wildman–Crippen LogP) is 5.05. The Morgan fingerprint density at radius 3 is 2.74 bits per heavy atom. The van der Waals surface area contributed by atoms with Crippen molar-refractivity contribution in [3.63, 3.8) is 0 Å². The van der Waals surface area contributed by atoms with Crippen LogP contribution in [0.2, 0.25) is 0 Å². The number of aryl methyl sites for hydroxylation is 1. The van der Waals surface area contributed by atoms with Crippen molar-refractivity contribution in [3.8, 4) is 17.6 Å². The highest BCUT2D eigenvalue weighted by Gasteiger charge is 2.18. The van der Waals surface area contributed by atoms with Crippen LogP contribution in [0.25, 0.3) is 11.6 Å². The summed E-state index contributed by atoms with van der Waals surface area (Å²) >= 11 is 0. The number of allylic oxidation sites excluding steroid dienone is 1. The molecule has 1 aromatic heterocycles. The van der Waals surface area contributed by atoms with Gasteiger partial charge < -0.3 is 14.0 Å². The molecule has 0 spiro atoms. The largest absolute Gasteiger partial charge is 0.490 e. The van der Waals surface area contributed by atoms with Gasteiger partial charge in [-0.3, -0.25) is 0 Å². The summed E-state index contributed by atoms with van der Waals surface area (Å²) in [6, 6.07) is 18.0. The monoisotopic (exact) mass is 414 g/mol. The van der Waals surface area contributed by atoms with Gasteiger partial charge in [0, 0.05) is 13.0 Å². The Bertz CT molecular complexity index is 1100. The van der Waals surface area contributed by atoms with Gasteiger partial charge >= 0.3 is 0 Å². The molecule has 2 aromatic carbocycles. The van der Waals surface area contributed by atoms with Crippen LogP contribution in [0.1, 0.15) is 49.0 Å². The molecule has 2 heterocycles. The number of nitriles is 1. The zero-order chi connectivity index (χ0) is 21.5. The number of nitrogens with zero attached hydrogens (tertiary/aromatic N) is 4. The number of hydrogen-bond donors (Lipinski definition) is 0. The first-order valence-electron chi connectivity index (χ1n) is 10.8. The van der Waals surface area contributed by atoms with Crippen molar-refractivity contribution in [3.05, 3.63) is 71.3 Å². The van der Waals surface area contributed by atoms with E-state index in [0.29, 0.717) is 36.1 Å². The Morgan fingerprint density at radius 1 is 1.06 bits per heavy atom. The molecule has 0 radical (unpaired) electrons. The molecule has 0 atom stereocenters. The van der Waals surface area contributed by atoms with Gasteiger partial charge in [-0.2, -0.15) is 5.26 Å². The molecule has 0 unspecified atom stereocenters. The quantitative estimate of drug-likeness (QED) is 0.506. The van der Waals surface area contributed by atoms with Gasteiger partial charge in [0.2, 0.25) is 0 Å². The molecule has 0 saturated carbocycles. The molecular formula is C25H26N4O2. The molecule has 0 N–H and O–H groups in total. The third kappa shape index (κ3) is 4.95. The van der Waals surface area contributed by atoms with Gasteiger partial charge in [-0.1, -0.05) is 42.8 Å². The third-order valence-electron chi connectivity index (χ3n) is 5.29. The maximum absolute atomic E-state index is 9.81. The second-order valence-corrected chi connectivity index (χ2v) is 7.49. The summed E-state index contributed by atoms with van der Waals surface area (Å²) in [5.74, 6) is 2.94. The minimum Gasteiger partial charge on any atom is -0.490 e. The molecule has 1 aliphatic rings. The number of aromatic nitrogens is 3. The fourth-order valence-electron chi connectivity index (χ4n) is 3.74. The fourth-order valence-corrected chi connectivity index (χ4v) is 3.74. The first-order valence-corrected chi connectivity index (χ1v) is 10.8. The van der Waals surface area contributed by atoms with Crippen molar-refractivity contribution < 1.29 is 9.47 Å². The van der Waals surface area contributed by atoms with E-state index in [1.54, 1.807) is 0 Å². The molecule has 6 nitrogen and oxygen atoms in total. The molecule has 0 bridgehead atoms. The van der Waals surface area contributed by atoms with Gasteiger partial charge in [-0.05, 0) is 49.1 Å². The van der Waals surface area contributed by atoms with E-state index >= 15 is 0 Å². The first kappa shape index (κ1) is 20.7. The van der Waals surface area contributed by atoms with Gasteiger partial charge in [0.1, 0.15) is 18.5 Å². The topological polar surface area (TPSA) is 73.0 Å². The lowest BCUT2D eigenvalue weighted by Crippen LogP contribution is -2.05. The van der Waals surface area contributed by atoms with E-state index in [-0.39, 0.29) is 0 Å². The van der Waals surface area contributed by atoms with Gasteiger partial charge in [-0.15, -0.1) is 10.2 Å². The summed E-state index contributed by atoms with van der Waals surface area (Å²) in [6.07, 6.45) is 6.13. The lowest BCUT2D eigenvalue weighted by molar-refractivity contribution is 0.269. The number of rotatable bonds is 7. The highest BCUT2D eigenvalue weighted by molar-refractivity contribution is 5.87. The molecule has 0 fully saturated rings. The Kier molecular flexibility index (Phi) is 6.63. The summed E-state index contributed by atoms with van der Waals surface area (Å²) in [6.45, 7) is 3.78. The number of ether oxygens (including phenoxy) is 2. The minimum atomic E-state index is 0.464. The molecular weight excluding hydrogens is 388 g/mol. The summed E-state index contributed by atoms with van der Waals surface area (Å²) in [4.78, 5) is 0. The molecule has 1 aliphatic heterocycles. The number of fused-ring (bicyclic) bond motifs is 1. The smallest absolute Gasteiger partial charge is 0.174 e. The Balaban J connectivity index is 1.60. The summed E-state index contributed by atoms with van der Waals surface area (Å²) < 4.78 is 13.9. The van der Waals surface area contributed by atoms with Crippen LogP contribution in [0.5, 0.6) is 11.5 Å². The van der Waals surface area contributed by atoms with Gasteiger partial charge in [-0.25, -0.2) is 0 Å². The van der Waals surface area contributed by atoms with Crippen LogP contribution in [0.3, 0.4) is 0 Å². The van der Waals surface area contributed by atoms with E-state index in [2.05, 4.69) is 20.8 Å². The lowest BCUT2D eigenvalue weighted by Gasteiger charge is -2.13. The van der Waals surface area contributed by atoms with E-state index in [1.165, 1.54) is 6.42 Å². The van der Waals surface area contributed by atoms with Crippen molar-refractivity contribution >= 4 is 11.6 Å². The van der Waals surface area contributed by atoms with Crippen LogP contribution in [0.4, 0.5) is 0 Å². The normalized spacial score (nSPS) is 13.7. The second kappa shape index (κ2) is 9.94. The highest BCUT2D eigenvalue weighted by atomic mass is 16.5. The molecule has 0 aliphatic carbocycles. The van der Waals surface area contributed by atoms with Crippen LogP contribution >= 0.6 is 0 Å². The van der Waals surface area contributed by atoms with Crippen LogP contribution < -0.4 is 9.47 Å². The first-order chi connectivity index (χ1) is 15.3. The number of hydrogen-bond acceptors (Lipinski definition) is 5. The van der Waals surface area contributed by atoms with Gasteiger partial charge in [0.05, 0.1) is 12.2 Å². The summed E-state index contributed by atoms with van der Waals surface area (Å²) in [5, 5.41) is 18.4. The van der Waals surface area contributed by atoms with Crippen molar-refractivity contribution in [2.45, 2.75) is 45.8 Å². The van der Waals surface area contributed by atoms with E-state index in [4.69, 9.17) is 9.47 Å². The zero-order valence-corrected chi connectivity index (χ0v) is 17.8. The average molecular weight is 415 g/mol. The van der Waals surface area contributed by atoms with Crippen LogP contribution in [-0.2, 0) is 19.6 Å². The molecule has 158 valence electrons. The maximum Gasteiger partial charge on any atom is 0.174 e. The van der Waals surface area contributed by atoms with Gasteiger partial charge in [0.15, 0.2) is 17.3 Å². The van der Waals surface area contributed by atoms with E-state index in [1.807, 2.05) is 61.5 Å². The zero-order valence-electron chi connectivity index (χ0n) is 17.8. The van der Waals surface area contributed by atoms with Crippen molar-refractivity contribution in [2.75, 3.05) is 6.61 Å². The molecule has 3 aromatic rings. The minimum absolute atomic E-state index is 0.464. The average Bonchev–Trinajstić information content (AvgIpc) is 3.05. The molecule has 6 heteroatoms. The standard InChI is InChI=1S/C25H26N4O2/c1-2-30-23-16-20(12-13-22(23)31-18-19-9-5-3-6-10-19)15-21(17-26)25-28-27-24-11-7-4-8-14-29(24)25/h3,5-6,9-10,12-13,15-16H,2,4,7-8,11,14,18H2,1H3/b21-15+. The van der Waals surface area contributed by atoms with Crippen LogP contribution in [0, 0.1) is 11.3 Å².